The molecule has 0 aromatic heterocycles. The number of rotatable bonds is 7. The molecule has 9 nitrogen and oxygen atoms in total. The Morgan fingerprint density at radius 1 is 1.07 bits per heavy atom. The number of urea groups is 1. The molecule has 0 spiro atoms. The average Bonchev–Trinajstić information content (AvgIpc) is 2.67. The van der Waals surface area contributed by atoms with Gasteiger partial charge in [0.05, 0.1) is 11.3 Å². The first-order valence-electron chi connectivity index (χ1n) is 9.53. The van der Waals surface area contributed by atoms with Gasteiger partial charge in [0.2, 0.25) is 10.0 Å². The zero-order valence-electron chi connectivity index (χ0n) is 16.6. The van der Waals surface area contributed by atoms with Crippen LogP contribution >= 0.6 is 0 Å². The maximum atomic E-state index is 12.6. The molecule has 0 aliphatic carbocycles. The number of amides is 3. The van der Waals surface area contributed by atoms with Crippen molar-refractivity contribution in [1.29, 1.82) is 0 Å². The number of imide groups is 1. The number of nitrogens with zero attached hydrogens (tertiary/aromatic N) is 1. The first kappa shape index (κ1) is 22.8. The summed E-state index contributed by atoms with van der Waals surface area (Å²) in [6.45, 7) is 3.95. The fourth-order valence-corrected chi connectivity index (χ4v) is 4.38. The normalized spacial score (nSPS) is 15.0. The van der Waals surface area contributed by atoms with Crippen molar-refractivity contribution in [3.8, 4) is 0 Å². The first-order chi connectivity index (χ1) is 13.7. The summed E-state index contributed by atoms with van der Waals surface area (Å²) in [4.78, 5) is 35.0. The molecule has 0 bridgehead atoms. The van der Waals surface area contributed by atoms with Crippen molar-refractivity contribution in [2.24, 2.45) is 0 Å². The number of sulfonamides is 1. The van der Waals surface area contributed by atoms with E-state index in [0.717, 1.165) is 19.3 Å². The fraction of sp³-hybridized carbons (Fsp3) is 0.526. The van der Waals surface area contributed by atoms with E-state index in [1.165, 1.54) is 16.4 Å². The standard InChI is InChI=1S/C19H27N3O6S/c1-14(2)20-19(25)21-17(23)13-28-18(24)12-15-6-8-16(9-7-15)29(26,27)22-10-4-3-5-11-22/h6-9,14H,3-5,10-13H2,1-2H3,(H2,20,21,23,25). The molecule has 2 rings (SSSR count). The van der Waals surface area contributed by atoms with Crippen molar-refractivity contribution < 1.29 is 27.5 Å². The van der Waals surface area contributed by atoms with Gasteiger partial charge in [-0.25, -0.2) is 13.2 Å². The number of esters is 1. The summed E-state index contributed by atoms with van der Waals surface area (Å²) >= 11 is 0. The average molecular weight is 426 g/mol. The maximum absolute atomic E-state index is 12.6. The number of carbonyl (C=O) groups excluding carboxylic acids is 3. The van der Waals surface area contributed by atoms with E-state index in [9.17, 15) is 22.8 Å². The number of hydrogen-bond donors (Lipinski definition) is 2. The topological polar surface area (TPSA) is 122 Å². The quantitative estimate of drug-likeness (QED) is 0.633. The van der Waals surface area contributed by atoms with Crippen molar-refractivity contribution in [1.82, 2.24) is 14.9 Å². The highest BCUT2D eigenvalue weighted by Gasteiger charge is 2.25. The van der Waals surface area contributed by atoms with E-state index in [4.69, 9.17) is 4.74 Å². The molecule has 1 aliphatic heterocycles. The highest BCUT2D eigenvalue weighted by Crippen LogP contribution is 2.21. The Hall–Kier alpha value is -2.46. The molecule has 1 saturated heterocycles. The molecule has 0 atom stereocenters. The molecule has 1 aromatic rings. The zero-order chi connectivity index (χ0) is 21.4. The molecule has 0 saturated carbocycles. The van der Waals surface area contributed by atoms with Gasteiger partial charge in [0.1, 0.15) is 0 Å². The molecule has 0 unspecified atom stereocenters. The summed E-state index contributed by atoms with van der Waals surface area (Å²) in [6, 6.07) is 5.24. The van der Waals surface area contributed by atoms with Gasteiger partial charge in [0.25, 0.3) is 5.91 Å². The van der Waals surface area contributed by atoms with Crippen LogP contribution in [-0.2, 0) is 30.8 Å². The lowest BCUT2D eigenvalue weighted by Gasteiger charge is -2.25. The van der Waals surface area contributed by atoms with Gasteiger partial charge >= 0.3 is 12.0 Å². The minimum absolute atomic E-state index is 0.116. The number of piperidine rings is 1. The Kier molecular flexibility index (Phi) is 8.15. The Labute approximate surface area is 170 Å². The van der Waals surface area contributed by atoms with Gasteiger partial charge in [-0.05, 0) is 44.4 Å². The van der Waals surface area contributed by atoms with Crippen molar-refractivity contribution in [2.45, 2.75) is 50.5 Å². The Morgan fingerprint density at radius 3 is 2.28 bits per heavy atom. The molecule has 2 N–H and O–H groups in total. The summed E-state index contributed by atoms with van der Waals surface area (Å²) in [6.07, 6.45) is 2.63. The number of benzene rings is 1. The Bertz CT molecular complexity index is 830. The lowest BCUT2D eigenvalue weighted by molar-refractivity contribution is -0.147. The van der Waals surface area contributed by atoms with Crippen LogP contribution in [0, 0.1) is 0 Å². The smallest absolute Gasteiger partial charge is 0.321 e. The van der Waals surface area contributed by atoms with Crippen LogP contribution < -0.4 is 10.6 Å². The second-order valence-electron chi connectivity index (χ2n) is 7.12. The second kappa shape index (κ2) is 10.4. The van der Waals surface area contributed by atoms with Gasteiger partial charge in [-0.2, -0.15) is 4.31 Å². The molecule has 1 aromatic carbocycles. The number of ether oxygens (including phenoxy) is 1. The molecule has 1 aliphatic rings. The minimum Gasteiger partial charge on any atom is -0.455 e. The van der Waals surface area contributed by atoms with Crippen LogP contribution in [0.4, 0.5) is 4.79 Å². The molecule has 1 heterocycles. The van der Waals surface area contributed by atoms with E-state index >= 15 is 0 Å². The number of carbonyl (C=O) groups is 3. The van der Waals surface area contributed by atoms with E-state index in [0.29, 0.717) is 18.7 Å². The molecule has 10 heteroatoms. The highest BCUT2D eigenvalue weighted by molar-refractivity contribution is 7.89. The van der Waals surface area contributed by atoms with E-state index in [1.807, 2.05) is 5.32 Å². The lowest BCUT2D eigenvalue weighted by Crippen LogP contribution is -2.44. The summed E-state index contributed by atoms with van der Waals surface area (Å²) in [5.74, 6) is -1.39. The third-order valence-corrected chi connectivity index (χ3v) is 6.17. The third kappa shape index (κ3) is 7.13. The molecular weight excluding hydrogens is 398 g/mol. The predicted octanol–water partition coefficient (Wildman–Crippen LogP) is 1.18. The van der Waals surface area contributed by atoms with Gasteiger partial charge in [-0.15, -0.1) is 0 Å². The SMILES string of the molecule is CC(C)NC(=O)NC(=O)COC(=O)Cc1ccc(S(=O)(=O)N2CCCCC2)cc1. The van der Waals surface area contributed by atoms with Gasteiger partial charge in [-0.3, -0.25) is 14.9 Å². The van der Waals surface area contributed by atoms with Gasteiger partial charge in [-0.1, -0.05) is 18.6 Å². The number of nitrogens with one attached hydrogen (secondary N) is 2. The molecule has 0 radical (unpaired) electrons. The maximum Gasteiger partial charge on any atom is 0.321 e. The summed E-state index contributed by atoms with van der Waals surface area (Å²) in [5, 5.41) is 4.53. The molecule has 29 heavy (non-hydrogen) atoms. The third-order valence-electron chi connectivity index (χ3n) is 4.26. The van der Waals surface area contributed by atoms with Crippen LogP contribution in [0.25, 0.3) is 0 Å². The van der Waals surface area contributed by atoms with Crippen LogP contribution in [0.3, 0.4) is 0 Å². The van der Waals surface area contributed by atoms with Crippen molar-refractivity contribution in [2.75, 3.05) is 19.7 Å². The van der Waals surface area contributed by atoms with E-state index in [1.54, 1.807) is 26.0 Å². The van der Waals surface area contributed by atoms with E-state index in [-0.39, 0.29) is 17.4 Å². The molecular formula is C19H27N3O6S. The largest absolute Gasteiger partial charge is 0.455 e. The van der Waals surface area contributed by atoms with Crippen LogP contribution in [0.15, 0.2) is 29.2 Å². The van der Waals surface area contributed by atoms with E-state index in [2.05, 4.69) is 5.32 Å². The van der Waals surface area contributed by atoms with Gasteiger partial charge in [0, 0.05) is 19.1 Å². The summed E-state index contributed by atoms with van der Waals surface area (Å²) in [5.41, 5.74) is 0.561. The van der Waals surface area contributed by atoms with Crippen LogP contribution in [0.5, 0.6) is 0 Å². The molecule has 160 valence electrons. The monoisotopic (exact) mass is 425 g/mol. The zero-order valence-corrected chi connectivity index (χ0v) is 17.5. The van der Waals surface area contributed by atoms with E-state index < -0.39 is 34.5 Å². The molecule has 1 fully saturated rings. The van der Waals surface area contributed by atoms with Crippen LogP contribution in [-0.4, -0.2) is 56.4 Å². The first-order valence-corrected chi connectivity index (χ1v) is 11.0. The number of hydrogen-bond acceptors (Lipinski definition) is 6. The van der Waals surface area contributed by atoms with Gasteiger partial charge < -0.3 is 10.1 Å². The van der Waals surface area contributed by atoms with Gasteiger partial charge in [0.15, 0.2) is 6.61 Å². The second-order valence-corrected chi connectivity index (χ2v) is 9.06. The van der Waals surface area contributed by atoms with Crippen molar-refractivity contribution in [3.63, 3.8) is 0 Å². The van der Waals surface area contributed by atoms with Crippen LogP contribution in [0.2, 0.25) is 0 Å². The Balaban J connectivity index is 1.83. The minimum atomic E-state index is -3.52. The summed E-state index contributed by atoms with van der Waals surface area (Å²) in [7, 11) is -3.52. The molecule has 3 amide bonds. The Morgan fingerprint density at radius 2 is 1.69 bits per heavy atom. The van der Waals surface area contributed by atoms with Crippen molar-refractivity contribution in [3.05, 3.63) is 29.8 Å². The highest BCUT2D eigenvalue weighted by atomic mass is 32.2. The fourth-order valence-electron chi connectivity index (χ4n) is 2.86. The van der Waals surface area contributed by atoms with Crippen LogP contribution in [0.1, 0.15) is 38.7 Å². The van der Waals surface area contributed by atoms with Crippen molar-refractivity contribution >= 4 is 27.9 Å². The summed E-state index contributed by atoms with van der Waals surface area (Å²) < 4.78 is 31.5. The predicted molar refractivity (Wildman–Crippen MR) is 106 cm³/mol. The lowest BCUT2D eigenvalue weighted by atomic mass is 10.1.